The first-order valence-electron chi connectivity index (χ1n) is 9.72. The molecule has 0 aliphatic heterocycles. The maximum atomic E-state index is 12.5. The highest BCUT2D eigenvalue weighted by atomic mass is 16.5. The van der Waals surface area contributed by atoms with E-state index in [1.807, 2.05) is 18.2 Å². The lowest BCUT2D eigenvalue weighted by Gasteiger charge is -2.33. The Kier molecular flexibility index (Phi) is 6.31. The summed E-state index contributed by atoms with van der Waals surface area (Å²) in [6.07, 6.45) is 7.33. The molecule has 1 aliphatic carbocycles. The van der Waals surface area contributed by atoms with Crippen LogP contribution in [0.4, 0.5) is 0 Å². The van der Waals surface area contributed by atoms with Gasteiger partial charge < -0.3 is 14.6 Å². The number of rotatable bonds is 7. The van der Waals surface area contributed by atoms with Crippen LogP contribution in [0.1, 0.15) is 51.9 Å². The molecular formula is C21H28N2O3. The van der Waals surface area contributed by atoms with Gasteiger partial charge in [-0.05, 0) is 50.5 Å². The summed E-state index contributed by atoms with van der Waals surface area (Å²) in [7, 11) is 0. The van der Waals surface area contributed by atoms with Gasteiger partial charge in [0, 0.05) is 36.0 Å². The maximum Gasteiger partial charge on any atom is 0.248 e. The standard InChI is InChI=1S/C21H28N2O3/c1-2-23(17-7-4-3-5-8-17)21(25)9-6-14-26-18-11-12-19-16(15-18)10-13-20(24)22-19/h10-13,15,17H,2-9,14H2,1H3,(H,22,24). The molecule has 0 radical (unpaired) electrons. The van der Waals surface area contributed by atoms with Crippen molar-refractivity contribution in [1.82, 2.24) is 9.88 Å². The Morgan fingerprint density at radius 3 is 2.77 bits per heavy atom. The number of fused-ring (bicyclic) bond motifs is 1. The second-order valence-corrected chi connectivity index (χ2v) is 7.00. The molecule has 1 heterocycles. The summed E-state index contributed by atoms with van der Waals surface area (Å²) < 4.78 is 5.79. The van der Waals surface area contributed by atoms with Crippen LogP contribution in [0.15, 0.2) is 35.1 Å². The van der Waals surface area contributed by atoms with Gasteiger partial charge in [-0.15, -0.1) is 0 Å². The number of aromatic amines is 1. The van der Waals surface area contributed by atoms with Gasteiger partial charge in [0.15, 0.2) is 0 Å². The van der Waals surface area contributed by atoms with Crippen LogP contribution >= 0.6 is 0 Å². The van der Waals surface area contributed by atoms with E-state index in [0.717, 1.165) is 36.0 Å². The van der Waals surface area contributed by atoms with Gasteiger partial charge in [-0.1, -0.05) is 19.3 Å². The van der Waals surface area contributed by atoms with E-state index >= 15 is 0 Å². The van der Waals surface area contributed by atoms with E-state index in [-0.39, 0.29) is 11.5 Å². The van der Waals surface area contributed by atoms with E-state index in [0.29, 0.717) is 25.5 Å². The number of nitrogens with one attached hydrogen (secondary N) is 1. The summed E-state index contributed by atoms with van der Waals surface area (Å²) in [4.78, 5) is 28.7. The minimum absolute atomic E-state index is 0.108. The third-order valence-electron chi connectivity index (χ3n) is 5.18. The Morgan fingerprint density at radius 2 is 2.00 bits per heavy atom. The summed E-state index contributed by atoms with van der Waals surface area (Å²) in [5.41, 5.74) is 0.689. The third-order valence-corrected chi connectivity index (χ3v) is 5.18. The van der Waals surface area contributed by atoms with E-state index in [9.17, 15) is 9.59 Å². The van der Waals surface area contributed by atoms with Crippen molar-refractivity contribution in [3.05, 3.63) is 40.7 Å². The molecule has 0 spiro atoms. The van der Waals surface area contributed by atoms with Crippen molar-refractivity contribution in [3.63, 3.8) is 0 Å². The first-order chi connectivity index (χ1) is 12.7. The Hall–Kier alpha value is -2.30. The quantitative estimate of drug-likeness (QED) is 0.766. The third kappa shape index (κ3) is 4.65. The highest BCUT2D eigenvalue weighted by Gasteiger charge is 2.23. The lowest BCUT2D eigenvalue weighted by atomic mass is 9.94. The Balaban J connectivity index is 1.47. The van der Waals surface area contributed by atoms with Gasteiger partial charge in [-0.3, -0.25) is 9.59 Å². The minimum atomic E-state index is -0.108. The SMILES string of the molecule is CCN(C(=O)CCCOc1ccc2[nH]c(=O)ccc2c1)C1CCCCC1. The number of amides is 1. The molecule has 1 aliphatic rings. The van der Waals surface area contributed by atoms with Crippen LogP contribution in [0.3, 0.4) is 0 Å². The van der Waals surface area contributed by atoms with Gasteiger partial charge >= 0.3 is 0 Å². The van der Waals surface area contributed by atoms with Crippen LogP contribution in [0.2, 0.25) is 0 Å². The van der Waals surface area contributed by atoms with Crippen LogP contribution in [0.5, 0.6) is 5.75 Å². The van der Waals surface area contributed by atoms with Crippen molar-refractivity contribution in [1.29, 1.82) is 0 Å². The zero-order chi connectivity index (χ0) is 18.4. The van der Waals surface area contributed by atoms with Crippen molar-refractivity contribution in [3.8, 4) is 5.75 Å². The van der Waals surface area contributed by atoms with E-state index < -0.39 is 0 Å². The van der Waals surface area contributed by atoms with Crippen LogP contribution in [0, 0.1) is 0 Å². The molecule has 0 bridgehead atoms. The van der Waals surface area contributed by atoms with Crippen molar-refractivity contribution < 1.29 is 9.53 Å². The van der Waals surface area contributed by atoms with Gasteiger partial charge in [0.1, 0.15) is 5.75 Å². The fraction of sp³-hybridized carbons (Fsp3) is 0.524. The number of carbonyl (C=O) groups is 1. The van der Waals surface area contributed by atoms with Crippen molar-refractivity contribution in [2.24, 2.45) is 0 Å². The van der Waals surface area contributed by atoms with Crippen molar-refractivity contribution in [2.45, 2.75) is 57.9 Å². The second kappa shape index (κ2) is 8.88. The van der Waals surface area contributed by atoms with Crippen LogP contribution in [-0.2, 0) is 4.79 Å². The molecule has 26 heavy (non-hydrogen) atoms. The van der Waals surface area contributed by atoms with Crippen molar-refractivity contribution >= 4 is 16.8 Å². The normalized spacial score (nSPS) is 15.1. The number of benzene rings is 1. The van der Waals surface area contributed by atoms with Crippen LogP contribution < -0.4 is 10.3 Å². The number of pyridine rings is 1. The zero-order valence-corrected chi connectivity index (χ0v) is 15.5. The Morgan fingerprint density at radius 1 is 1.19 bits per heavy atom. The Labute approximate surface area is 154 Å². The largest absolute Gasteiger partial charge is 0.494 e. The molecule has 2 aromatic rings. The zero-order valence-electron chi connectivity index (χ0n) is 15.5. The monoisotopic (exact) mass is 356 g/mol. The predicted molar refractivity (Wildman–Crippen MR) is 104 cm³/mol. The number of H-pyrrole nitrogens is 1. The average Bonchev–Trinajstić information content (AvgIpc) is 2.66. The number of hydrogen-bond acceptors (Lipinski definition) is 3. The molecule has 1 N–H and O–H groups in total. The Bertz CT molecular complexity index is 793. The van der Waals surface area contributed by atoms with Gasteiger partial charge in [-0.25, -0.2) is 0 Å². The number of carbonyl (C=O) groups excluding carboxylic acids is 1. The number of ether oxygens (including phenoxy) is 1. The molecule has 0 saturated heterocycles. The summed E-state index contributed by atoms with van der Waals surface area (Å²) in [6, 6.07) is 9.33. The molecular weight excluding hydrogens is 328 g/mol. The fourth-order valence-electron chi connectivity index (χ4n) is 3.81. The summed E-state index contributed by atoms with van der Waals surface area (Å²) in [6.45, 7) is 3.39. The molecule has 1 aromatic heterocycles. The van der Waals surface area contributed by atoms with E-state index in [1.165, 1.54) is 25.3 Å². The second-order valence-electron chi connectivity index (χ2n) is 7.00. The highest BCUT2D eigenvalue weighted by molar-refractivity contribution is 5.79. The first kappa shape index (κ1) is 18.5. The molecule has 5 heteroatoms. The van der Waals surface area contributed by atoms with E-state index in [2.05, 4.69) is 16.8 Å². The molecule has 0 atom stereocenters. The molecule has 140 valence electrons. The predicted octanol–water partition coefficient (Wildman–Crippen LogP) is 3.87. The maximum absolute atomic E-state index is 12.5. The topological polar surface area (TPSA) is 62.4 Å². The highest BCUT2D eigenvalue weighted by Crippen LogP contribution is 2.23. The van der Waals surface area contributed by atoms with Gasteiger partial charge in [-0.2, -0.15) is 0 Å². The minimum Gasteiger partial charge on any atom is -0.494 e. The average molecular weight is 356 g/mol. The number of nitrogens with zero attached hydrogens (tertiary/aromatic N) is 1. The lowest BCUT2D eigenvalue weighted by molar-refractivity contribution is -0.134. The smallest absolute Gasteiger partial charge is 0.248 e. The first-order valence-corrected chi connectivity index (χ1v) is 9.72. The fourth-order valence-corrected chi connectivity index (χ4v) is 3.81. The molecule has 1 fully saturated rings. The molecule has 1 saturated carbocycles. The lowest BCUT2D eigenvalue weighted by Crippen LogP contribution is -2.41. The summed E-state index contributed by atoms with van der Waals surface area (Å²) in [5, 5.41) is 0.938. The molecule has 3 rings (SSSR count). The van der Waals surface area contributed by atoms with Crippen LogP contribution in [0.25, 0.3) is 10.9 Å². The number of aromatic nitrogens is 1. The van der Waals surface area contributed by atoms with Crippen LogP contribution in [-0.4, -0.2) is 35.0 Å². The number of hydrogen-bond donors (Lipinski definition) is 1. The molecule has 1 aromatic carbocycles. The molecule has 1 amide bonds. The molecule has 5 nitrogen and oxygen atoms in total. The van der Waals surface area contributed by atoms with Gasteiger partial charge in [0.25, 0.3) is 0 Å². The van der Waals surface area contributed by atoms with Crippen molar-refractivity contribution in [2.75, 3.05) is 13.2 Å². The molecule has 0 unspecified atom stereocenters. The van der Waals surface area contributed by atoms with Gasteiger partial charge in [0.05, 0.1) is 6.61 Å². The van der Waals surface area contributed by atoms with E-state index in [1.54, 1.807) is 6.07 Å². The summed E-state index contributed by atoms with van der Waals surface area (Å²) in [5.74, 6) is 1.01. The van der Waals surface area contributed by atoms with E-state index in [4.69, 9.17) is 4.74 Å². The van der Waals surface area contributed by atoms with Gasteiger partial charge in [0.2, 0.25) is 11.5 Å². The summed E-state index contributed by atoms with van der Waals surface area (Å²) >= 11 is 0.